The summed E-state index contributed by atoms with van der Waals surface area (Å²) in [5, 5.41) is 2.04. The molecule has 0 amide bonds. The molecule has 0 bridgehead atoms. The highest BCUT2D eigenvalue weighted by atomic mass is 16.3. The molecule has 8 aromatic carbocycles. The number of aromatic nitrogens is 3. The number of furan rings is 1. The summed E-state index contributed by atoms with van der Waals surface area (Å²) < 4.78 is 6.87. The van der Waals surface area contributed by atoms with Gasteiger partial charge in [-0.05, 0) is 73.8 Å². The fourth-order valence-corrected chi connectivity index (χ4v) is 10.1. The van der Waals surface area contributed by atoms with Gasteiger partial charge in [0.25, 0.3) is 0 Å². The molecule has 0 unspecified atom stereocenters. The Labute approximate surface area is 342 Å². The van der Waals surface area contributed by atoms with Crippen LogP contribution in [0.3, 0.4) is 0 Å². The van der Waals surface area contributed by atoms with E-state index < -0.39 is 5.41 Å². The molecule has 0 radical (unpaired) electrons. The summed E-state index contributed by atoms with van der Waals surface area (Å²) in [6, 6.07) is 67.1. The molecule has 12 rings (SSSR count). The Balaban J connectivity index is 1.12. The maximum Gasteiger partial charge on any atom is 0.164 e. The van der Waals surface area contributed by atoms with Crippen LogP contribution in [0.4, 0.5) is 0 Å². The average Bonchev–Trinajstić information content (AvgIpc) is 3.82. The molecule has 278 valence electrons. The smallest absolute Gasteiger partial charge is 0.164 e. The molecular weight excluding hydrogens is 719 g/mol. The van der Waals surface area contributed by atoms with Gasteiger partial charge in [0, 0.05) is 32.9 Å². The predicted octanol–water partition coefficient (Wildman–Crippen LogP) is 13.4. The van der Waals surface area contributed by atoms with Crippen molar-refractivity contribution < 1.29 is 4.42 Å². The Kier molecular flexibility index (Phi) is 7.16. The SMILES string of the molecule is CC1(C)c2ccccc2C2(c3ccccc3-c3ccccc32)c2cc3c(cc21)oc1cccc(-c2nc(-c4ccccc4)nc(-c4ccc(-c5ccccc5)cc4)n2)c13. The van der Waals surface area contributed by atoms with E-state index in [9.17, 15) is 0 Å². The van der Waals surface area contributed by atoms with Crippen molar-refractivity contribution >= 4 is 21.9 Å². The molecule has 4 heteroatoms. The topological polar surface area (TPSA) is 51.8 Å². The lowest BCUT2D eigenvalue weighted by atomic mass is 9.55. The molecule has 59 heavy (non-hydrogen) atoms. The molecule has 2 aliphatic rings. The summed E-state index contributed by atoms with van der Waals surface area (Å²) in [6.45, 7) is 4.71. The standard InChI is InChI=1S/C55H37N3O/c1-54(2)44-25-13-14-26-45(44)55(42-23-11-9-20-38(42)39-21-10-12-24-43(39)55)47-32-41-49(33-46(47)54)59-48-27-15-22-40(50(41)48)53-57-51(36-18-7-4-8-19-36)56-52(58-53)37-30-28-35(29-31-37)34-16-5-3-6-17-34/h3-33H,1-2H3. The van der Waals surface area contributed by atoms with E-state index in [0.29, 0.717) is 17.5 Å². The molecule has 0 N–H and O–H groups in total. The molecule has 4 nitrogen and oxygen atoms in total. The van der Waals surface area contributed by atoms with Gasteiger partial charge in [-0.2, -0.15) is 0 Å². The summed E-state index contributed by atoms with van der Waals surface area (Å²) >= 11 is 0. The minimum atomic E-state index is -0.520. The van der Waals surface area contributed by atoms with E-state index in [0.717, 1.165) is 44.2 Å². The zero-order valence-corrected chi connectivity index (χ0v) is 32.6. The molecule has 0 saturated carbocycles. The molecule has 0 saturated heterocycles. The van der Waals surface area contributed by atoms with Crippen LogP contribution in [0.25, 0.3) is 78.4 Å². The fourth-order valence-electron chi connectivity index (χ4n) is 10.1. The highest BCUT2D eigenvalue weighted by molar-refractivity contribution is 6.12. The van der Waals surface area contributed by atoms with E-state index in [2.05, 4.69) is 172 Å². The minimum Gasteiger partial charge on any atom is -0.456 e. The van der Waals surface area contributed by atoms with Crippen LogP contribution >= 0.6 is 0 Å². The lowest BCUT2D eigenvalue weighted by Gasteiger charge is -2.46. The Hall–Kier alpha value is -7.43. The maximum absolute atomic E-state index is 6.87. The van der Waals surface area contributed by atoms with Gasteiger partial charge in [0.05, 0.1) is 5.41 Å². The lowest BCUT2D eigenvalue weighted by Crippen LogP contribution is -2.40. The summed E-state index contributed by atoms with van der Waals surface area (Å²) in [5.41, 5.74) is 16.3. The monoisotopic (exact) mass is 755 g/mol. The number of nitrogens with zero attached hydrogens (tertiary/aromatic N) is 3. The molecular formula is C55H37N3O. The van der Waals surface area contributed by atoms with Crippen molar-refractivity contribution in [3.8, 4) is 56.4 Å². The third-order valence-electron chi connectivity index (χ3n) is 12.8. The van der Waals surface area contributed by atoms with E-state index in [1.165, 1.54) is 50.1 Å². The first-order chi connectivity index (χ1) is 29.0. The molecule has 0 atom stereocenters. The molecule has 0 fully saturated rings. The van der Waals surface area contributed by atoms with Crippen LogP contribution in [0, 0.1) is 0 Å². The van der Waals surface area contributed by atoms with E-state index in [1.807, 2.05) is 30.3 Å². The summed E-state index contributed by atoms with van der Waals surface area (Å²) in [4.78, 5) is 15.5. The molecule has 2 aliphatic carbocycles. The van der Waals surface area contributed by atoms with Crippen LogP contribution in [0.15, 0.2) is 192 Å². The fraction of sp³-hybridized carbons (Fsp3) is 0.0727. The molecule has 10 aromatic rings. The Bertz CT molecular complexity index is 3240. The first-order valence-corrected chi connectivity index (χ1v) is 20.3. The van der Waals surface area contributed by atoms with Crippen molar-refractivity contribution in [1.29, 1.82) is 0 Å². The summed E-state index contributed by atoms with van der Waals surface area (Å²) in [5.74, 6) is 1.84. The second-order valence-electron chi connectivity index (χ2n) is 16.3. The molecule has 1 spiro atoms. The first kappa shape index (κ1) is 33.7. The Morgan fingerprint density at radius 3 is 1.51 bits per heavy atom. The van der Waals surface area contributed by atoms with Crippen LogP contribution in [-0.4, -0.2) is 15.0 Å². The van der Waals surface area contributed by atoms with Crippen LogP contribution < -0.4 is 0 Å². The average molecular weight is 756 g/mol. The van der Waals surface area contributed by atoms with Crippen molar-refractivity contribution in [1.82, 2.24) is 15.0 Å². The number of benzene rings is 8. The highest BCUT2D eigenvalue weighted by Gasteiger charge is 2.53. The Morgan fingerprint density at radius 1 is 0.356 bits per heavy atom. The van der Waals surface area contributed by atoms with E-state index >= 15 is 0 Å². The van der Waals surface area contributed by atoms with Gasteiger partial charge >= 0.3 is 0 Å². The minimum absolute atomic E-state index is 0.288. The van der Waals surface area contributed by atoms with Crippen molar-refractivity contribution in [2.45, 2.75) is 24.7 Å². The zero-order valence-electron chi connectivity index (χ0n) is 32.6. The van der Waals surface area contributed by atoms with Gasteiger partial charge in [0.15, 0.2) is 17.5 Å². The zero-order chi connectivity index (χ0) is 39.3. The number of hydrogen-bond acceptors (Lipinski definition) is 4. The quantitative estimate of drug-likeness (QED) is 0.179. The second kappa shape index (κ2) is 12.5. The van der Waals surface area contributed by atoms with Gasteiger partial charge in [-0.15, -0.1) is 0 Å². The van der Waals surface area contributed by atoms with Crippen molar-refractivity contribution in [2.24, 2.45) is 0 Å². The lowest BCUT2D eigenvalue weighted by molar-refractivity contribution is 0.562. The van der Waals surface area contributed by atoms with Crippen LogP contribution in [0.1, 0.15) is 47.2 Å². The second-order valence-corrected chi connectivity index (χ2v) is 16.3. The van der Waals surface area contributed by atoms with Crippen molar-refractivity contribution in [3.05, 3.63) is 221 Å². The van der Waals surface area contributed by atoms with Crippen molar-refractivity contribution in [3.63, 3.8) is 0 Å². The van der Waals surface area contributed by atoms with Crippen LogP contribution in [-0.2, 0) is 10.8 Å². The van der Waals surface area contributed by atoms with Gasteiger partial charge < -0.3 is 4.42 Å². The van der Waals surface area contributed by atoms with Gasteiger partial charge in [-0.25, -0.2) is 15.0 Å². The number of rotatable bonds is 4. The molecule has 2 heterocycles. The van der Waals surface area contributed by atoms with Crippen LogP contribution in [0.5, 0.6) is 0 Å². The molecule has 2 aromatic heterocycles. The third kappa shape index (κ3) is 4.80. The number of hydrogen-bond donors (Lipinski definition) is 0. The highest BCUT2D eigenvalue weighted by Crippen LogP contribution is 2.62. The third-order valence-corrected chi connectivity index (χ3v) is 12.8. The summed E-state index contributed by atoms with van der Waals surface area (Å²) in [7, 11) is 0. The first-order valence-electron chi connectivity index (χ1n) is 20.3. The summed E-state index contributed by atoms with van der Waals surface area (Å²) in [6.07, 6.45) is 0. The van der Waals surface area contributed by atoms with Crippen molar-refractivity contribution in [2.75, 3.05) is 0 Å². The van der Waals surface area contributed by atoms with Gasteiger partial charge in [-0.3, -0.25) is 0 Å². The van der Waals surface area contributed by atoms with E-state index in [4.69, 9.17) is 19.4 Å². The van der Waals surface area contributed by atoms with E-state index in [-0.39, 0.29) is 5.41 Å². The van der Waals surface area contributed by atoms with E-state index in [1.54, 1.807) is 0 Å². The van der Waals surface area contributed by atoms with Crippen LogP contribution in [0.2, 0.25) is 0 Å². The maximum atomic E-state index is 6.87. The largest absolute Gasteiger partial charge is 0.456 e. The van der Waals surface area contributed by atoms with Gasteiger partial charge in [0.2, 0.25) is 0 Å². The number of fused-ring (bicyclic) bond motifs is 12. The normalized spacial score (nSPS) is 14.2. The van der Waals surface area contributed by atoms with Gasteiger partial charge in [0.1, 0.15) is 11.2 Å². The Morgan fingerprint density at radius 2 is 0.847 bits per heavy atom. The predicted molar refractivity (Wildman–Crippen MR) is 238 cm³/mol. The van der Waals surface area contributed by atoms with Gasteiger partial charge in [-0.1, -0.05) is 184 Å². The molecule has 0 aliphatic heterocycles.